The van der Waals surface area contributed by atoms with Gasteiger partial charge >= 0.3 is 0 Å². The third-order valence-corrected chi connectivity index (χ3v) is 4.86. The second-order valence-corrected chi connectivity index (χ2v) is 6.20. The Bertz CT molecular complexity index is 468. The second-order valence-electron chi connectivity index (χ2n) is 6.20. The summed E-state index contributed by atoms with van der Waals surface area (Å²) in [5.41, 5.74) is 1.40. The fourth-order valence-corrected chi connectivity index (χ4v) is 3.75. The summed E-state index contributed by atoms with van der Waals surface area (Å²) in [5.74, 6) is 2.64. The molecule has 1 aliphatic carbocycles. The van der Waals surface area contributed by atoms with Gasteiger partial charge in [-0.05, 0) is 61.6 Å². The maximum absolute atomic E-state index is 11.4. The maximum Gasteiger partial charge on any atom is 0.220 e. The van der Waals surface area contributed by atoms with E-state index in [0.29, 0.717) is 12.0 Å². The first-order valence-corrected chi connectivity index (χ1v) is 7.67. The van der Waals surface area contributed by atoms with E-state index in [-0.39, 0.29) is 5.91 Å². The molecule has 0 bridgehead atoms. The standard InChI is InChI=1S/C17H23NO2/c1-20-15-6-2-12(3-7-15)10-13-4-8-16-14(11-13)5-9-17(19)18-16/h2-3,6-7,13-14,16H,4-5,8-11H2,1H3,(H,18,19)/t13-,14+,16-/m1/s1. The maximum atomic E-state index is 11.4. The first-order valence-electron chi connectivity index (χ1n) is 7.67. The molecule has 0 radical (unpaired) electrons. The van der Waals surface area contributed by atoms with E-state index in [2.05, 4.69) is 17.4 Å². The summed E-state index contributed by atoms with van der Waals surface area (Å²) in [7, 11) is 1.70. The van der Waals surface area contributed by atoms with Crippen molar-refractivity contribution in [3.63, 3.8) is 0 Å². The molecule has 3 rings (SSSR count). The van der Waals surface area contributed by atoms with Crippen molar-refractivity contribution in [2.75, 3.05) is 7.11 Å². The van der Waals surface area contributed by atoms with Crippen LogP contribution < -0.4 is 10.1 Å². The topological polar surface area (TPSA) is 38.3 Å². The third kappa shape index (κ3) is 2.97. The van der Waals surface area contributed by atoms with Crippen LogP contribution in [0.2, 0.25) is 0 Å². The highest BCUT2D eigenvalue weighted by Crippen LogP contribution is 2.36. The van der Waals surface area contributed by atoms with Gasteiger partial charge in [-0.1, -0.05) is 12.1 Å². The quantitative estimate of drug-likeness (QED) is 0.919. The molecule has 1 aromatic rings. The first kappa shape index (κ1) is 13.5. The smallest absolute Gasteiger partial charge is 0.220 e. The van der Waals surface area contributed by atoms with Crippen LogP contribution in [0.3, 0.4) is 0 Å². The van der Waals surface area contributed by atoms with Gasteiger partial charge in [0.25, 0.3) is 0 Å². The number of amides is 1. The fraction of sp³-hybridized carbons (Fsp3) is 0.588. The molecule has 0 unspecified atom stereocenters. The number of fused-ring (bicyclic) bond motifs is 1. The van der Waals surface area contributed by atoms with Crippen LogP contribution in [-0.4, -0.2) is 19.1 Å². The summed E-state index contributed by atoms with van der Waals surface area (Å²) in [5, 5.41) is 3.16. The molecular weight excluding hydrogens is 250 g/mol. The molecule has 1 saturated heterocycles. The molecule has 3 atom stereocenters. The highest BCUT2D eigenvalue weighted by molar-refractivity contribution is 5.77. The van der Waals surface area contributed by atoms with Gasteiger partial charge in [0, 0.05) is 12.5 Å². The number of hydrogen-bond donors (Lipinski definition) is 1. The van der Waals surface area contributed by atoms with Crippen LogP contribution in [0.1, 0.15) is 37.7 Å². The Kier molecular flexibility index (Phi) is 3.95. The van der Waals surface area contributed by atoms with E-state index in [0.717, 1.165) is 37.4 Å². The number of ether oxygens (including phenoxy) is 1. The van der Waals surface area contributed by atoms with Crippen LogP contribution in [0.25, 0.3) is 0 Å². The molecule has 1 aliphatic heterocycles. The van der Waals surface area contributed by atoms with Crippen molar-refractivity contribution >= 4 is 5.91 Å². The van der Waals surface area contributed by atoms with E-state index >= 15 is 0 Å². The largest absolute Gasteiger partial charge is 0.497 e. The number of hydrogen-bond acceptors (Lipinski definition) is 2. The van der Waals surface area contributed by atoms with E-state index in [4.69, 9.17) is 4.74 Å². The molecule has 1 N–H and O–H groups in total. The summed E-state index contributed by atoms with van der Waals surface area (Å²) < 4.78 is 5.20. The van der Waals surface area contributed by atoms with Crippen molar-refractivity contribution in [3.05, 3.63) is 29.8 Å². The van der Waals surface area contributed by atoms with Gasteiger partial charge in [0.2, 0.25) is 5.91 Å². The predicted molar refractivity (Wildman–Crippen MR) is 78.7 cm³/mol. The zero-order valence-corrected chi connectivity index (χ0v) is 12.1. The molecule has 1 aromatic carbocycles. The summed E-state index contributed by atoms with van der Waals surface area (Å²) in [6.45, 7) is 0. The lowest BCUT2D eigenvalue weighted by Crippen LogP contribution is -2.47. The lowest BCUT2D eigenvalue weighted by atomic mass is 9.72. The zero-order chi connectivity index (χ0) is 13.9. The van der Waals surface area contributed by atoms with E-state index in [9.17, 15) is 4.79 Å². The van der Waals surface area contributed by atoms with Crippen molar-refractivity contribution in [1.82, 2.24) is 5.32 Å². The Labute approximate surface area is 120 Å². The van der Waals surface area contributed by atoms with E-state index in [1.807, 2.05) is 12.1 Å². The number of benzene rings is 1. The van der Waals surface area contributed by atoms with Crippen molar-refractivity contribution in [2.24, 2.45) is 11.8 Å². The molecule has 1 saturated carbocycles. The molecular formula is C17H23NO2. The van der Waals surface area contributed by atoms with Crippen molar-refractivity contribution in [3.8, 4) is 5.75 Å². The molecule has 3 heteroatoms. The Balaban J connectivity index is 1.57. The second kappa shape index (κ2) is 5.86. The van der Waals surface area contributed by atoms with Gasteiger partial charge in [-0.2, -0.15) is 0 Å². The third-order valence-electron chi connectivity index (χ3n) is 4.86. The van der Waals surface area contributed by atoms with E-state index in [1.54, 1.807) is 7.11 Å². The van der Waals surface area contributed by atoms with Gasteiger partial charge in [-0.3, -0.25) is 4.79 Å². The number of piperidine rings is 1. The van der Waals surface area contributed by atoms with Gasteiger partial charge in [-0.15, -0.1) is 0 Å². The van der Waals surface area contributed by atoms with Crippen LogP contribution >= 0.6 is 0 Å². The predicted octanol–water partition coefficient (Wildman–Crippen LogP) is 2.93. The zero-order valence-electron chi connectivity index (χ0n) is 12.1. The monoisotopic (exact) mass is 273 g/mol. The number of rotatable bonds is 3. The highest BCUT2D eigenvalue weighted by atomic mass is 16.5. The van der Waals surface area contributed by atoms with Crippen molar-refractivity contribution in [2.45, 2.75) is 44.6 Å². The molecule has 20 heavy (non-hydrogen) atoms. The summed E-state index contributed by atoms with van der Waals surface area (Å²) in [4.78, 5) is 11.4. The lowest BCUT2D eigenvalue weighted by Gasteiger charge is -2.39. The van der Waals surface area contributed by atoms with Gasteiger partial charge in [0.1, 0.15) is 5.75 Å². The molecule has 108 valence electrons. The Morgan fingerprint density at radius 3 is 2.75 bits per heavy atom. The van der Waals surface area contributed by atoms with Gasteiger partial charge < -0.3 is 10.1 Å². The molecule has 3 nitrogen and oxygen atoms in total. The summed E-state index contributed by atoms with van der Waals surface area (Å²) in [6, 6.07) is 8.88. The minimum Gasteiger partial charge on any atom is -0.497 e. The van der Waals surface area contributed by atoms with Crippen LogP contribution in [0.5, 0.6) is 5.75 Å². The van der Waals surface area contributed by atoms with Crippen LogP contribution in [-0.2, 0) is 11.2 Å². The molecule has 2 aliphatic rings. The number of nitrogens with one attached hydrogen (secondary N) is 1. The Hall–Kier alpha value is -1.51. The van der Waals surface area contributed by atoms with Gasteiger partial charge in [-0.25, -0.2) is 0 Å². The van der Waals surface area contributed by atoms with Crippen molar-refractivity contribution in [1.29, 1.82) is 0 Å². The SMILES string of the molecule is COc1ccc(C[C@H]2CC[C@H]3NC(=O)CC[C@H]3C2)cc1. The Morgan fingerprint density at radius 2 is 2.00 bits per heavy atom. The number of methoxy groups -OCH3 is 1. The van der Waals surface area contributed by atoms with Crippen molar-refractivity contribution < 1.29 is 9.53 Å². The normalized spacial score (nSPS) is 29.4. The summed E-state index contributed by atoms with van der Waals surface area (Å²) in [6.07, 6.45) is 6.59. The average Bonchev–Trinajstić information content (AvgIpc) is 2.48. The molecule has 2 fully saturated rings. The molecule has 1 heterocycles. The number of carbonyl (C=O) groups excluding carboxylic acids is 1. The van der Waals surface area contributed by atoms with Gasteiger partial charge in [0.05, 0.1) is 7.11 Å². The van der Waals surface area contributed by atoms with Crippen LogP contribution in [0.15, 0.2) is 24.3 Å². The lowest BCUT2D eigenvalue weighted by molar-refractivity contribution is -0.125. The average molecular weight is 273 g/mol. The molecule has 0 aromatic heterocycles. The fourth-order valence-electron chi connectivity index (χ4n) is 3.75. The number of carbonyl (C=O) groups is 1. The van der Waals surface area contributed by atoms with E-state index in [1.165, 1.54) is 18.4 Å². The van der Waals surface area contributed by atoms with Crippen LogP contribution in [0.4, 0.5) is 0 Å². The summed E-state index contributed by atoms with van der Waals surface area (Å²) >= 11 is 0. The Morgan fingerprint density at radius 1 is 1.20 bits per heavy atom. The highest BCUT2D eigenvalue weighted by Gasteiger charge is 2.34. The first-order chi connectivity index (χ1) is 9.74. The minimum atomic E-state index is 0.250. The van der Waals surface area contributed by atoms with E-state index < -0.39 is 0 Å². The van der Waals surface area contributed by atoms with Gasteiger partial charge in [0.15, 0.2) is 0 Å². The van der Waals surface area contributed by atoms with Crippen LogP contribution in [0, 0.1) is 11.8 Å². The molecule has 0 spiro atoms. The molecule has 1 amide bonds. The minimum absolute atomic E-state index is 0.250.